The van der Waals surface area contributed by atoms with Gasteiger partial charge in [-0.1, -0.05) is 0 Å². The fourth-order valence-corrected chi connectivity index (χ4v) is 0.750. The van der Waals surface area contributed by atoms with E-state index in [1.165, 1.54) is 0 Å². The van der Waals surface area contributed by atoms with Crippen LogP contribution in [0.4, 0.5) is 17.8 Å². The number of hydrogen-bond donors (Lipinski definition) is 3. The molecule has 0 bridgehead atoms. The second-order valence-electron chi connectivity index (χ2n) is 2.60. The van der Waals surface area contributed by atoms with Crippen molar-refractivity contribution in [3.63, 3.8) is 0 Å². The number of Topliss-reactive ketones (excluding diaryl/α,β-unsaturated/α-hetero) is 1. The minimum Gasteiger partial charge on any atom is -0.368 e. The summed E-state index contributed by atoms with van der Waals surface area (Å²) in [6.07, 6.45) is 0. The number of amides is 1. The molecule has 0 radical (unpaired) electrons. The van der Waals surface area contributed by atoms with Gasteiger partial charge in [-0.05, 0) is 0 Å². The first kappa shape index (κ1) is 10.8. The first-order valence-electron chi connectivity index (χ1n) is 4.04. The molecule has 8 nitrogen and oxygen atoms in total. The Kier molecular flexibility index (Phi) is 3.11. The minimum atomic E-state index is -0.803. The second kappa shape index (κ2) is 4.31. The lowest BCUT2D eigenvalue weighted by Crippen LogP contribution is -2.22. The number of aromatic nitrogens is 3. The van der Waals surface area contributed by atoms with Crippen LogP contribution in [0.25, 0.3) is 0 Å². The highest BCUT2D eigenvalue weighted by Gasteiger charge is 2.10. The second-order valence-corrected chi connectivity index (χ2v) is 2.60. The number of hydrogen-bond acceptors (Lipinski definition) is 7. The van der Waals surface area contributed by atoms with E-state index in [4.69, 9.17) is 5.73 Å². The van der Waals surface area contributed by atoms with Gasteiger partial charge in [0.15, 0.2) is 0 Å². The Bertz CT molecular complexity index is 404. The van der Waals surface area contributed by atoms with Gasteiger partial charge >= 0.3 is 0 Å². The Morgan fingerprint density at radius 3 is 2.33 bits per heavy atom. The van der Waals surface area contributed by atoms with Crippen molar-refractivity contribution in [3.8, 4) is 0 Å². The summed E-state index contributed by atoms with van der Waals surface area (Å²) in [6, 6.07) is 0. The van der Waals surface area contributed by atoms with Gasteiger partial charge < -0.3 is 11.1 Å². The van der Waals surface area contributed by atoms with Crippen LogP contribution in [0.1, 0.15) is 6.92 Å². The Morgan fingerprint density at radius 1 is 1.20 bits per heavy atom. The molecule has 0 atom stereocenters. The van der Waals surface area contributed by atoms with E-state index in [0.29, 0.717) is 0 Å². The van der Waals surface area contributed by atoms with Crippen LogP contribution in [0.15, 0.2) is 0 Å². The molecule has 0 unspecified atom stereocenters. The number of ketones is 1. The minimum absolute atomic E-state index is 0.0480. The number of nitrogens with zero attached hydrogens (tertiary/aromatic N) is 3. The molecule has 8 heteroatoms. The van der Waals surface area contributed by atoms with Gasteiger partial charge in [-0.25, -0.2) is 0 Å². The summed E-state index contributed by atoms with van der Waals surface area (Å²) in [5, 5.41) is 4.82. The van der Waals surface area contributed by atoms with E-state index in [1.54, 1.807) is 7.05 Å². The molecule has 1 amide bonds. The Balaban J connectivity index is 2.90. The zero-order chi connectivity index (χ0) is 11.4. The van der Waals surface area contributed by atoms with Crippen molar-refractivity contribution in [2.24, 2.45) is 0 Å². The first-order valence-corrected chi connectivity index (χ1v) is 4.04. The number of nitrogen functional groups attached to an aromatic ring is 1. The molecular weight excluding hydrogens is 200 g/mol. The maximum atomic E-state index is 11.0. The summed E-state index contributed by atoms with van der Waals surface area (Å²) in [5.74, 6) is -1.34. The van der Waals surface area contributed by atoms with Crippen LogP contribution in [-0.4, -0.2) is 33.7 Å². The molecule has 4 N–H and O–H groups in total. The summed E-state index contributed by atoms with van der Waals surface area (Å²) >= 11 is 0. The van der Waals surface area contributed by atoms with Crippen LogP contribution in [0.2, 0.25) is 0 Å². The third-order valence-corrected chi connectivity index (χ3v) is 1.42. The predicted octanol–water partition coefficient (Wildman–Crippen LogP) is -0.977. The largest absolute Gasteiger partial charge is 0.368 e. The predicted molar refractivity (Wildman–Crippen MR) is 53.1 cm³/mol. The smallest absolute Gasteiger partial charge is 0.293 e. The fourth-order valence-electron chi connectivity index (χ4n) is 0.750. The van der Waals surface area contributed by atoms with Gasteiger partial charge in [0.1, 0.15) is 0 Å². The van der Waals surface area contributed by atoms with Crippen molar-refractivity contribution < 1.29 is 9.59 Å². The fraction of sp³-hybridized carbons (Fsp3) is 0.286. The molecule has 0 spiro atoms. The lowest BCUT2D eigenvalue weighted by molar-refractivity contribution is -0.133. The van der Waals surface area contributed by atoms with Gasteiger partial charge in [-0.3, -0.25) is 14.9 Å². The van der Waals surface area contributed by atoms with E-state index < -0.39 is 11.7 Å². The molecule has 0 fully saturated rings. The molecular formula is C7H10N6O2. The molecule has 80 valence electrons. The number of carbonyl (C=O) groups excluding carboxylic acids is 2. The summed E-state index contributed by atoms with van der Waals surface area (Å²) in [5.41, 5.74) is 5.35. The monoisotopic (exact) mass is 210 g/mol. The van der Waals surface area contributed by atoms with E-state index in [-0.39, 0.29) is 17.8 Å². The van der Waals surface area contributed by atoms with Crippen molar-refractivity contribution in [3.05, 3.63) is 0 Å². The lowest BCUT2D eigenvalue weighted by Gasteiger charge is -2.03. The molecule has 0 aliphatic rings. The molecule has 0 aromatic carbocycles. The maximum absolute atomic E-state index is 11.0. The topological polar surface area (TPSA) is 123 Å². The highest BCUT2D eigenvalue weighted by molar-refractivity contribution is 6.39. The van der Waals surface area contributed by atoms with Crippen molar-refractivity contribution in [2.75, 3.05) is 23.4 Å². The van der Waals surface area contributed by atoms with Crippen LogP contribution in [-0.2, 0) is 9.59 Å². The van der Waals surface area contributed by atoms with Gasteiger partial charge in [-0.2, -0.15) is 15.0 Å². The standard InChI is InChI=1S/C7H10N6O2/c1-3(14)4(15)10-7-12-5(8)11-6(9-2)13-7/h1-2H3,(H4,8,9,10,11,12,13,15). The van der Waals surface area contributed by atoms with Gasteiger partial charge in [-0.15, -0.1) is 0 Å². The number of nitrogens with one attached hydrogen (secondary N) is 2. The van der Waals surface area contributed by atoms with Gasteiger partial charge in [0.05, 0.1) is 0 Å². The lowest BCUT2D eigenvalue weighted by atomic mass is 10.4. The normalized spacial score (nSPS) is 9.47. The average molecular weight is 210 g/mol. The third kappa shape index (κ3) is 2.86. The van der Waals surface area contributed by atoms with Gasteiger partial charge in [0.2, 0.25) is 23.6 Å². The molecule has 0 aliphatic carbocycles. The summed E-state index contributed by atoms with van der Waals surface area (Å²) in [7, 11) is 1.59. The van der Waals surface area contributed by atoms with Crippen molar-refractivity contribution in [1.82, 2.24) is 15.0 Å². The molecule has 1 heterocycles. The van der Waals surface area contributed by atoms with Gasteiger partial charge in [0.25, 0.3) is 5.91 Å². The van der Waals surface area contributed by atoms with Crippen molar-refractivity contribution in [2.45, 2.75) is 6.92 Å². The molecule has 1 aromatic heterocycles. The summed E-state index contributed by atoms with van der Waals surface area (Å²) < 4.78 is 0. The van der Waals surface area contributed by atoms with Gasteiger partial charge in [0, 0.05) is 14.0 Å². The summed E-state index contributed by atoms with van der Waals surface area (Å²) in [4.78, 5) is 32.8. The zero-order valence-electron chi connectivity index (χ0n) is 8.24. The number of carbonyl (C=O) groups is 2. The van der Waals surface area contributed by atoms with Crippen LogP contribution in [0.3, 0.4) is 0 Å². The highest BCUT2D eigenvalue weighted by atomic mass is 16.2. The highest BCUT2D eigenvalue weighted by Crippen LogP contribution is 2.05. The summed E-state index contributed by atoms with van der Waals surface area (Å²) in [6.45, 7) is 1.14. The zero-order valence-corrected chi connectivity index (χ0v) is 8.24. The third-order valence-electron chi connectivity index (χ3n) is 1.42. The Hall–Kier alpha value is -2.25. The molecule has 1 aromatic rings. The number of anilines is 3. The average Bonchev–Trinajstić information content (AvgIpc) is 2.16. The van der Waals surface area contributed by atoms with Crippen LogP contribution in [0, 0.1) is 0 Å². The van der Waals surface area contributed by atoms with E-state index in [2.05, 4.69) is 25.6 Å². The van der Waals surface area contributed by atoms with E-state index in [1.807, 2.05) is 0 Å². The van der Waals surface area contributed by atoms with E-state index in [9.17, 15) is 9.59 Å². The SMILES string of the molecule is CNc1nc(N)nc(NC(=O)C(C)=O)n1. The molecule has 1 rings (SSSR count). The molecule has 0 aliphatic heterocycles. The first-order chi connectivity index (χ1) is 7.02. The Labute approximate surface area is 85.3 Å². The van der Waals surface area contributed by atoms with Crippen molar-refractivity contribution >= 4 is 29.5 Å². The molecule has 0 saturated carbocycles. The van der Waals surface area contributed by atoms with Crippen molar-refractivity contribution in [1.29, 1.82) is 0 Å². The molecule has 15 heavy (non-hydrogen) atoms. The van der Waals surface area contributed by atoms with E-state index in [0.717, 1.165) is 6.92 Å². The van der Waals surface area contributed by atoms with Crippen LogP contribution >= 0.6 is 0 Å². The number of rotatable bonds is 3. The molecule has 0 saturated heterocycles. The van der Waals surface area contributed by atoms with Crippen LogP contribution in [0.5, 0.6) is 0 Å². The quantitative estimate of drug-likeness (QED) is 0.548. The number of nitrogens with two attached hydrogens (primary N) is 1. The Morgan fingerprint density at radius 2 is 1.80 bits per heavy atom. The van der Waals surface area contributed by atoms with Crippen LogP contribution < -0.4 is 16.4 Å². The van der Waals surface area contributed by atoms with E-state index >= 15 is 0 Å². The maximum Gasteiger partial charge on any atom is 0.293 e.